The van der Waals surface area contributed by atoms with Gasteiger partial charge >= 0.3 is 0 Å². The number of carbonyl (C=O) groups excluding carboxylic acids is 3. The number of nitrogens with one attached hydrogen (secondary N) is 1. The van der Waals surface area contributed by atoms with E-state index in [4.69, 9.17) is 14.2 Å². The number of carbonyl (C=O) groups is 3. The number of ether oxygens (including phenoxy) is 3. The summed E-state index contributed by atoms with van der Waals surface area (Å²) in [5.41, 5.74) is 2.12. The zero-order valence-corrected chi connectivity index (χ0v) is 24.0. The van der Waals surface area contributed by atoms with Crippen molar-refractivity contribution >= 4 is 18.1 Å². The second kappa shape index (κ2) is 13.0. The lowest BCUT2D eigenvalue weighted by Crippen LogP contribution is -2.57. The van der Waals surface area contributed by atoms with Crippen LogP contribution in [0.3, 0.4) is 0 Å². The molecule has 2 amide bonds. The highest BCUT2D eigenvalue weighted by Gasteiger charge is 2.51. The average Bonchev–Trinajstić information content (AvgIpc) is 3.69. The van der Waals surface area contributed by atoms with Crippen molar-refractivity contribution in [1.82, 2.24) is 10.2 Å². The van der Waals surface area contributed by atoms with Gasteiger partial charge in [0.1, 0.15) is 24.2 Å². The van der Waals surface area contributed by atoms with Crippen molar-refractivity contribution in [2.45, 2.75) is 56.3 Å². The second-order valence-electron chi connectivity index (χ2n) is 11.0. The molecule has 10 heteroatoms. The van der Waals surface area contributed by atoms with Gasteiger partial charge in [0.25, 0.3) is 0 Å². The van der Waals surface area contributed by atoms with Crippen LogP contribution >= 0.6 is 0 Å². The number of benzene rings is 2. The Bertz CT molecular complexity index is 1350. The van der Waals surface area contributed by atoms with Gasteiger partial charge in [-0.2, -0.15) is 0 Å². The first-order chi connectivity index (χ1) is 20.4. The summed E-state index contributed by atoms with van der Waals surface area (Å²) in [6, 6.07) is 9.94. The van der Waals surface area contributed by atoms with Crippen molar-refractivity contribution < 1.29 is 38.8 Å². The van der Waals surface area contributed by atoms with Gasteiger partial charge in [-0.05, 0) is 49.1 Å². The van der Waals surface area contributed by atoms with Crippen LogP contribution in [-0.4, -0.2) is 85.4 Å². The van der Waals surface area contributed by atoms with E-state index in [2.05, 4.69) is 5.32 Å². The minimum Gasteiger partial charge on any atom is -0.496 e. The number of aldehydes is 1. The molecular formula is C32H38N2O8. The molecule has 1 saturated carbocycles. The maximum atomic E-state index is 14.0. The lowest BCUT2D eigenvalue weighted by molar-refractivity contribution is -0.141. The van der Waals surface area contributed by atoms with Crippen LogP contribution in [-0.2, 0) is 16.0 Å². The quantitative estimate of drug-likeness (QED) is 0.346. The van der Waals surface area contributed by atoms with E-state index in [1.54, 1.807) is 30.2 Å². The Labute approximate surface area is 245 Å². The Hall–Kier alpha value is -3.89. The van der Waals surface area contributed by atoms with Crippen LogP contribution in [0.5, 0.6) is 17.2 Å². The van der Waals surface area contributed by atoms with Gasteiger partial charge in [0.2, 0.25) is 11.8 Å². The summed E-state index contributed by atoms with van der Waals surface area (Å²) in [4.78, 5) is 41.0. The molecule has 224 valence electrons. The van der Waals surface area contributed by atoms with Gasteiger partial charge in [0.05, 0.1) is 32.8 Å². The Morgan fingerprint density at radius 1 is 1.12 bits per heavy atom. The Balaban J connectivity index is 1.56. The highest BCUT2D eigenvalue weighted by atomic mass is 16.5. The van der Waals surface area contributed by atoms with Gasteiger partial charge in [0, 0.05) is 35.7 Å². The number of fused-ring (bicyclic) bond motifs is 3. The Morgan fingerprint density at radius 2 is 1.86 bits per heavy atom. The smallest absolute Gasteiger partial charge is 0.247 e. The summed E-state index contributed by atoms with van der Waals surface area (Å²) in [7, 11) is 3.06. The van der Waals surface area contributed by atoms with E-state index >= 15 is 0 Å². The molecular weight excluding hydrogens is 540 g/mol. The normalized spacial score (nSPS) is 22.8. The number of hydrogen-bond donors (Lipinski definition) is 3. The van der Waals surface area contributed by atoms with Crippen LogP contribution in [0.4, 0.5) is 0 Å². The predicted octanol–water partition coefficient (Wildman–Crippen LogP) is 2.40. The highest BCUT2D eigenvalue weighted by molar-refractivity contribution is 5.96. The standard InChI is InChI=1S/C32H38N2O8/c1-40-25-10-6-5-7-20(25)11-13-34(32(39)21-8-3-4-9-21)24-17-23(31(38)33-12-14-35)27-22-15-19(18-36)16-26(41-2)29(22)42-30(27)28(24)37/h5-7,10,15-18,21,24,27-28,30,35,37H,3-4,8-9,11-14H2,1-2H3,(H,33,38). The lowest BCUT2D eigenvalue weighted by atomic mass is 9.77. The molecule has 3 N–H and O–H groups in total. The predicted molar refractivity (Wildman–Crippen MR) is 154 cm³/mol. The molecule has 42 heavy (non-hydrogen) atoms. The summed E-state index contributed by atoms with van der Waals surface area (Å²) in [6.45, 7) is 0.0771. The number of aliphatic hydroxyl groups is 2. The number of rotatable bonds is 11. The third kappa shape index (κ3) is 5.61. The molecule has 0 saturated heterocycles. The topological polar surface area (TPSA) is 135 Å². The van der Waals surface area contributed by atoms with Gasteiger partial charge in [-0.25, -0.2) is 0 Å². The van der Waals surface area contributed by atoms with Crippen molar-refractivity contribution in [3.8, 4) is 17.2 Å². The molecule has 2 aromatic rings. The Morgan fingerprint density at radius 3 is 2.55 bits per heavy atom. The molecule has 0 bridgehead atoms. The molecule has 1 heterocycles. The molecule has 1 fully saturated rings. The van der Waals surface area contributed by atoms with Crippen LogP contribution in [0.1, 0.15) is 53.1 Å². The molecule has 4 unspecified atom stereocenters. The molecule has 0 spiro atoms. The number of methoxy groups -OCH3 is 2. The summed E-state index contributed by atoms with van der Waals surface area (Å²) in [5.74, 6) is -0.00369. The monoisotopic (exact) mass is 578 g/mol. The van der Waals surface area contributed by atoms with Gasteiger partial charge in [-0.3, -0.25) is 14.4 Å². The summed E-state index contributed by atoms with van der Waals surface area (Å²) in [6.07, 6.45) is 4.24. The van der Waals surface area contributed by atoms with E-state index in [0.29, 0.717) is 53.2 Å². The van der Waals surface area contributed by atoms with Gasteiger partial charge in [0.15, 0.2) is 11.5 Å². The molecule has 2 aromatic carbocycles. The molecule has 10 nitrogen and oxygen atoms in total. The van der Waals surface area contributed by atoms with Crippen molar-refractivity contribution in [1.29, 1.82) is 0 Å². The fraction of sp³-hybridized carbons (Fsp3) is 0.469. The number of hydrogen-bond acceptors (Lipinski definition) is 8. The van der Waals surface area contributed by atoms with Crippen LogP contribution in [0.25, 0.3) is 0 Å². The molecule has 4 atom stereocenters. The number of nitrogens with zero attached hydrogens (tertiary/aromatic N) is 1. The first-order valence-electron chi connectivity index (χ1n) is 14.5. The average molecular weight is 579 g/mol. The van der Waals surface area contributed by atoms with E-state index in [-0.39, 0.29) is 25.0 Å². The van der Waals surface area contributed by atoms with Crippen molar-refractivity contribution in [3.05, 3.63) is 64.7 Å². The van der Waals surface area contributed by atoms with E-state index in [0.717, 1.165) is 31.2 Å². The van der Waals surface area contributed by atoms with Crippen LogP contribution < -0.4 is 19.5 Å². The maximum Gasteiger partial charge on any atom is 0.247 e. The van der Waals surface area contributed by atoms with E-state index in [1.165, 1.54) is 7.11 Å². The van der Waals surface area contributed by atoms with E-state index in [1.807, 2.05) is 24.3 Å². The number of amides is 2. The van der Waals surface area contributed by atoms with Crippen molar-refractivity contribution in [2.75, 3.05) is 33.9 Å². The van der Waals surface area contributed by atoms with Gasteiger partial charge < -0.3 is 34.6 Å². The van der Waals surface area contributed by atoms with Gasteiger partial charge in [-0.1, -0.05) is 31.0 Å². The third-order valence-electron chi connectivity index (χ3n) is 8.57. The van der Waals surface area contributed by atoms with E-state index in [9.17, 15) is 24.6 Å². The van der Waals surface area contributed by atoms with Crippen molar-refractivity contribution in [2.24, 2.45) is 5.92 Å². The first kappa shape index (κ1) is 29.6. The van der Waals surface area contributed by atoms with Crippen LogP contribution in [0.15, 0.2) is 48.0 Å². The molecule has 5 rings (SSSR count). The van der Waals surface area contributed by atoms with Gasteiger partial charge in [-0.15, -0.1) is 0 Å². The number of para-hydroxylation sites is 1. The molecule has 0 radical (unpaired) electrons. The minimum absolute atomic E-state index is 0.0325. The zero-order valence-electron chi connectivity index (χ0n) is 24.0. The summed E-state index contributed by atoms with van der Waals surface area (Å²) in [5, 5.41) is 24.0. The van der Waals surface area contributed by atoms with Crippen LogP contribution in [0, 0.1) is 5.92 Å². The number of aliphatic hydroxyl groups excluding tert-OH is 2. The fourth-order valence-corrected chi connectivity index (χ4v) is 6.52. The van der Waals surface area contributed by atoms with Crippen LogP contribution in [0.2, 0.25) is 0 Å². The third-order valence-corrected chi connectivity index (χ3v) is 8.57. The highest BCUT2D eigenvalue weighted by Crippen LogP contribution is 2.51. The molecule has 2 aliphatic carbocycles. The van der Waals surface area contributed by atoms with E-state index < -0.39 is 30.1 Å². The maximum absolute atomic E-state index is 14.0. The second-order valence-corrected chi connectivity index (χ2v) is 11.0. The van der Waals surface area contributed by atoms with Crippen molar-refractivity contribution in [3.63, 3.8) is 0 Å². The summed E-state index contributed by atoms with van der Waals surface area (Å²) < 4.78 is 17.3. The fourth-order valence-electron chi connectivity index (χ4n) is 6.52. The molecule has 1 aliphatic heterocycles. The zero-order chi connectivity index (χ0) is 29.8. The minimum atomic E-state index is -1.18. The largest absolute Gasteiger partial charge is 0.496 e. The first-order valence-corrected chi connectivity index (χ1v) is 14.5. The molecule has 0 aromatic heterocycles. The Kier molecular flexibility index (Phi) is 9.13. The lowest BCUT2D eigenvalue weighted by Gasteiger charge is -2.41. The SMILES string of the molecule is COc1ccccc1CCN(C(=O)C1CCCC1)C1C=C(C(=O)NCCO)C2c3cc(C=O)cc(OC)c3OC2C1O. The summed E-state index contributed by atoms with van der Waals surface area (Å²) >= 11 is 0. The molecule has 3 aliphatic rings.